The number of para-hydroxylation sites is 1. The van der Waals surface area contributed by atoms with Gasteiger partial charge in [-0.25, -0.2) is 4.39 Å². The first kappa shape index (κ1) is 14.8. The third-order valence-corrected chi connectivity index (χ3v) is 2.83. The molecule has 0 fully saturated rings. The fourth-order valence-corrected chi connectivity index (χ4v) is 1.71. The van der Waals surface area contributed by atoms with Crippen LogP contribution in [0.2, 0.25) is 0 Å². The van der Waals surface area contributed by atoms with Crippen molar-refractivity contribution in [3.05, 3.63) is 59.9 Å². The Morgan fingerprint density at radius 1 is 1.19 bits per heavy atom. The van der Waals surface area contributed by atoms with Gasteiger partial charge in [-0.3, -0.25) is 0 Å². The zero-order valence-electron chi connectivity index (χ0n) is 11.3. The average molecular weight is 286 g/mol. The molecule has 0 radical (unpaired) electrons. The Morgan fingerprint density at radius 2 is 1.90 bits per heavy atom. The van der Waals surface area contributed by atoms with Gasteiger partial charge in [-0.1, -0.05) is 12.1 Å². The molecule has 0 heterocycles. The SMILES string of the molecule is N#Cc1ccc(OCC(O)CNc2ccccc2F)cc1. The van der Waals surface area contributed by atoms with Crippen molar-refractivity contribution in [3.8, 4) is 11.8 Å². The topological polar surface area (TPSA) is 65.3 Å². The van der Waals surface area contributed by atoms with Crippen LogP contribution < -0.4 is 10.1 Å². The quantitative estimate of drug-likeness (QED) is 0.856. The van der Waals surface area contributed by atoms with E-state index >= 15 is 0 Å². The lowest BCUT2D eigenvalue weighted by atomic mass is 10.2. The van der Waals surface area contributed by atoms with Crippen molar-refractivity contribution in [1.82, 2.24) is 0 Å². The van der Waals surface area contributed by atoms with Crippen LogP contribution in [0.1, 0.15) is 5.56 Å². The van der Waals surface area contributed by atoms with E-state index in [1.165, 1.54) is 6.07 Å². The monoisotopic (exact) mass is 286 g/mol. The van der Waals surface area contributed by atoms with Crippen molar-refractivity contribution in [2.75, 3.05) is 18.5 Å². The lowest BCUT2D eigenvalue weighted by Gasteiger charge is -2.14. The van der Waals surface area contributed by atoms with E-state index in [0.29, 0.717) is 17.0 Å². The molecule has 2 N–H and O–H groups in total. The number of benzene rings is 2. The van der Waals surface area contributed by atoms with Crippen LogP contribution in [0, 0.1) is 17.1 Å². The van der Waals surface area contributed by atoms with E-state index in [2.05, 4.69) is 5.32 Å². The number of rotatable bonds is 6. The molecule has 2 aromatic carbocycles. The van der Waals surface area contributed by atoms with Crippen LogP contribution in [0.25, 0.3) is 0 Å². The van der Waals surface area contributed by atoms with E-state index in [-0.39, 0.29) is 19.0 Å². The van der Waals surface area contributed by atoms with Crippen LogP contribution in [0.3, 0.4) is 0 Å². The first-order valence-electron chi connectivity index (χ1n) is 6.48. The zero-order valence-corrected chi connectivity index (χ0v) is 11.3. The smallest absolute Gasteiger partial charge is 0.146 e. The molecule has 1 unspecified atom stereocenters. The highest BCUT2D eigenvalue weighted by Gasteiger charge is 2.07. The summed E-state index contributed by atoms with van der Waals surface area (Å²) in [4.78, 5) is 0. The highest BCUT2D eigenvalue weighted by Crippen LogP contribution is 2.13. The Bertz CT molecular complexity index is 623. The van der Waals surface area contributed by atoms with Gasteiger partial charge in [-0.05, 0) is 36.4 Å². The van der Waals surface area contributed by atoms with Gasteiger partial charge in [0.2, 0.25) is 0 Å². The summed E-state index contributed by atoms with van der Waals surface area (Å²) in [6, 6.07) is 14.9. The van der Waals surface area contributed by atoms with Crippen molar-refractivity contribution in [2.24, 2.45) is 0 Å². The van der Waals surface area contributed by atoms with E-state index in [1.807, 2.05) is 6.07 Å². The Labute approximate surface area is 122 Å². The number of halogens is 1. The molecular formula is C16H15FN2O2. The molecule has 4 nitrogen and oxygen atoms in total. The van der Waals surface area contributed by atoms with Gasteiger partial charge in [0, 0.05) is 6.54 Å². The maximum absolute atomic E-state index is 13.4. The summed E-state index contributed by atoms with van der Waals surface area (Å²) < 4.78 is 18.8. The summed E-state index contributed by atoms with van der Waals surface area (Å²) in [7, 11) is 0. The largest absolute Gasteiger partial charge is 0.491 e. The van der Waals surface area contributed by atoms with Crippen LogP contribution in [-0.4, -0.2) is 24.4 Å². The molecule has 108 valence electrons. The molecule has 0 aromatic heterocycles. The van der Waals surface area contributed by atoms with Gasteiger partial charge < -0.3 is 15.2 Å². The molecule has 0 bridgehead atoms. The van der Waals surface area contributed by atoms with Crippen LogP contribution in [0.15, 0.2) is 48.5 Å². The number of nitrogens with one attached hydrogen (secondary N) is 1. The Hall–Kier alpha value is -2.58. The lowest BCUT2D eigenvalue weighted by molar-refractivity contribution is 0.117. The third kappa shape index (κ3) is 4.48. The van der Waals surface area contributed by atoms with E-state index < -0.39 is 6.10 Å². The number of hydrogen-bond acceptors (Lipinski definition) is 4. The van der Waals surface area contributed by atoms with Crippen molar-refractivity contribution >= 4 is 5.69 Å². The third-order valence-electron chi connectivity index (χ3n) is 2.83. The van der Waals surface area contributed by atoms with Gasteiger partial charge in [0.1, 0.15) is 24.3 Å². The molecule has 0 aliphatic carbocycles. The second-order valence-corrected chi connectivity index (χ2v) is 4.46. The Kier molecular flexibility index (Phi) is 5.13. The van der Waals surface area contributed by atoms with Crippen LogP contribution in [0.5, 0.6) is 5.75 Å². The van der Waals surface area contributed by atoms with Crippen molar-refractivity contribution in [1.29, 1.82) is 5.26 Å². The fourth-order valence-electron chi connectivity index (χ4n) is 1.71. The molecule has 0 spiro atoms. The van der Waals surface area contributed by atoms with E-state index in [4.69, 9.17) is 10.00 Å². The predicted octanol–water partition coefficient (Wildman–Crippen LogP) is 2.55. The van der Waals surface area contributed by atoms with Crippen LogP contribution in [-0.2, 0) is 0 Å². The molecule has 5 heteroatoms. The number of hydrogen-bond donors (Lipinski definition) is 2. The molecular weight excluding hydrogens is 271 g/mol. The second-order valence-electron chi connectivity index (χ2n) is 4.46. The molecule has 0 saturated heterocycles. The van der Waals surface area contributed by atoms with E-state index in [1.54, 1.807) is 42.5 Å². The summed E-state index contributed by atoms with van der Waals surface area (Å²) in [5.41, 5.74) is 0.888. The standard InChI is InChI=1S/C16H15FN2O2/c17-15-3-1-2-4-16(15)19-10-13(20)11-21-14-7-5-12(9-18)6-8-14/h1-8,13,19-20H,10-11H2. The zero-order chi connectivity index (χ0) is 15.1. The Morgan fingerprint density at radius 3 is 2.57 bits per heavy atom. The maximum atomic E-state index is 13.4. The first-order valence-corrected chi connectivity index (χ1v) is 6.48. The molecule has 0 aliphatic rings. The fraction of sp³-hybridized carbons (Fsp3) is 0.188. The van der Waals surface area contributed by atoms with Gasteiger partial charge in [-0.15, -0.1) is 0 Å². The highest BCUT2D eigenvalue weighted by atomic mass is 19.1. The normalized spacial score (nSPS) is 11.5. The summed E-state index contributed by atoms with van der Waals surface area (Å²) >= 11 is 0. The number of nitrogens with zero attached hydrogens (tertiary/aromatic N) is 1. The van der Waals surface area contributed by atoms with Crippen LogP contribution in [0.4, 0.5) is 10.1 Å². The minimum Gasteiger partial charge on any atom is -0.491 e. The van der Waals surface area contributed by atoms with Crippen molar-refractivity contribution in [2.45, 2.75) is 6.10 Å². The number of aliphatic hydroxyl groups excluding tert-OH is 1. The molecule has 2 rings (SSSR count). The molecule has 0 aliphatic heterocycles. The minimum absolute atomic E-state index is 0.0767. The molecule has 1 atom stereocenters. The number of nitriles is 1. The van der Waals surface area contributed by atoms with Crippen molar-refractivity contribution < 1.29 is 14.2 Å². The van der Waals surface area contributed by atoms with Gasteiger partial charge in [-0.2, -0.15) is 5.26 Å². The first-order chi connectivity index (χ1) is 10.2. The number of anilines is 1. The second kappa shape index (κ2) is 7.27. The number of ether oxygens (including phenoxy) is 1. The summed E-state index contributed by atoms with van der Waals surface area (Å²) in [5, 5.41) is 21.3. The lowest BCUT2D eigenvalue weighted by Crippen LogP contribution is -2.26. The molecule has 21 heavy (non-hydrogen) atoms. The average Bonchev–Trinajstić information content (AvgIpc) is 2.52. The molecule has 2 aromatic rings. The van der Waals surface area contributed by atoms with E-state index in [0.717, 1.165) is 0 Å². The van der Waals surface area contributed by atoms with Gasteiger partial charge in [0.05, 0.1) is 17.3 Å². The maximum Gasteiger partial charge on any atom is 0.146 e. The minimum atomic E-state index is -0.778. The summed E-state index contributed by atoms with van der Waals surface area (Å²) in [6.45, 7) is 0.255. The van der Waals surface area contributed by atoms with E-state index in [9.17, 15) is 9.50 Å². The highest BCUT2D eigenvalue weighted by molar-refractivity contribution is 5.44. The van der Waals surface area contributed by atoms with Gasteiger partial charge in [0.25, 0.3) is 0 Å². The molecule has 0 amide bonds. The predicted molar refractivity (Wildman–Crippen MR) is 77.5 cm³/mol. The number of aliphatic hydroxyl groups is 1. The summed E-state index contributed by atoms with van der Waals surface area (Å²) in [6.07, 6.45) is -0.778. The van der Waals surface area contributed by atoms with Crippen molar-refractivity contribution in [3.63, 3.8) is 0 Å². The van der Waals surface area contributed by atoms with Gasteiger partial charge >= 0.3 is 0 Å². The molecule has 0 saturated carbocycles. The summed E-state index contributed by atoms with van der Waals surface area (Å²) in [5.74, 6) is 0.205. The van der Waals surface area contributed by atoms with Crippen LogP contribution >= 0.6 is 0 Å². The Balaban J connectivity index is 1.78. The van der Waals surface area contributed by atoms with Gasteiger partial charge in [0.15, 0.2) is 0 Å².